The molecule has 5 heteroatoms. The monoisotopic (exact) mass is 264 g/mol. The van der Waals surface area contributed by atoms with Crippen LogP contribution in [0.15, 0.2) is 18.2 Å². The lowest BCUT2D eigenvalue weighted by molar-refractivity contribution is -0.124. The molecule has 1 aliphatic rings. The molecule has 1 aromatic carbocycles. The molecule has 1 saturated heterocycles. The molecule has 0 saturated carbocycles. The molecule has 19 heavy (non-hydrogen) atoms. The lowest BCUT2D eigenvalue weighted by Crippen LogP contribution is -2.49. The average Bonchev–Trinajstić information content (AvgIpc) is 2.47. The zero-order valence-corrected chi connectivity index (χ0v) is 11.4. The highest BCUT2D eigenvalue weighted by molar-refractivity contribution is 5.88. The predicted molar refractivity (Wildman–Crippen MR) is 72.5 cm³/mol. The first-order chi connectivity index (χ1) is 9.14. The van der Waals surface area contributed by atoms with Gasteiger partial charge in [-0.2, -0.15) is 0 Å². The first-order valence-corrected chi connectivity index (χ1v) is 6.37. The van der Waals surface area contributed by atoms with Gasteiger partial charge < -0.3 is 20.5 Å². The fourth-order valence-electron chi connectivity index (χ4n) is 2.69. The lowest BCUT2D eigenvalue weighted by Gasteiger charge is -2.36. The number of carbonyl (C=O) groups is 1. The summed E-state index contributed by atoms with van der Waals surface area (Å²) in [5.41, 5.74) is 5.83. The summed E-state index contributed by atoms with van der Waals surface area (Å²) < 4.78 is 10.6. The number of ether oxygens (including phenoxy) is 2. The maximum Gasteiger partial charge on any atom is 0.228 e. The number of piperidine rings is 1. The topological polar surface area (TPSA) is 73.6 Å². The Bertz CT molecular complexity index is 468. The van der Waals surface area contributed by atoms with Crippen molar-refractivity contribution in [3.63, 3.8) is 0 Å². The van der Waals surface area contributed by atoms with Crippen LogP contribution < -0.4 is 20.5 Å². The minimum Gasteiger partial charge on any atom is -0.497 e. The number of benzene rings is 1. The molecule has 0 spiro atoms. The van der Waals surface area contributed by atoms with E-state index in [1.807, 2.05) is 18.2 Å². The van der Waals surface area contributed by atoms with E-state index in [1.165, 1.54) is 0 Å². The molecular formula is C14H20N2O3. The molecule has 1 amide bonds. The Morgan fingerprint density at radius 2 is 1.95 bits per heavy atom. The van der Waals surface area contributed by atoms with Crippen LogP contribution in [0.4, 0.5) is 0 Å². The number of nitrogens with two attached hydrogens (primary N) is 1. The van der Waals surface area contributed by atoms with E-state index in [0.29, 0.717) is 24.3 Å². The molecule has 0 radical (unpaired) electrons. The number of amides is 1. The Kier molecular flexibility index (Phi) is 3.95. The fraction of sp³-hybridized carbons (Fsp3) is 0.500. The molecule has 0 atom stereocenters. The summed E-state index contributed by atoms with van der Waals surface area (Å²) in [4.78, 5) is 12.0. The van der Waals surface area contributed by atoms with Gasteiger partial charge in [0.2, 0.25) is 5.91 Å². The highest BCUT2D eigenvalue weighted by Crippen LogP contribution is 2.40. The number of hydrogen-bond acceptors (Lipinski definition) is 4. The Balaban J connectivity index is 2.54. The van der Waals surface area contributed by atoms with Gasteiger partial charge in [-0.15, -0.1) is 0 Å². The van der Waals surface area contributed by atoms with E-state index < -0.39 is 5.41 Å². The smallest absolute Gasteiger partial charge is 0.228 e. The number of hydrogen-bond donors (Lipinski definition) is 2. The van der Waals surface area contributed by atoms with Crippen LogP contribution in [-0.4, -0.2) is 33.2 Å². The summed E-state index contributed by atoms with van der Waals surface area (Å²) in [6.45, 7) is 1.53. The lowest BCUT2D eigenvalue weighted by atomic mass is 9.72. The van der Waals surface area contributed by atoms with E-state index in [-0.39, 0.29) is 5.91 Å². The molecule has 5 nitrogen and oxygen atoms in total. The van der Waals surface area contributed by atoms with Crippen LogP contribution in [-0.2, 0) is 10.2 Å². The zero-order chi connectivity index (χ0) is 13.9. The van der Waals surface area contributed by atoms with Crippen molar-refractivity contribution in [3.05, 3.63) is 23.8 Å². The molecule has 1 aromatic rings. The van der Waals surface area contributed by atoms with Gasteiger partial charge >= 0.3 is 0 Å². The number of nitrogens with one attached hydrogen (secondary N) is 1. The van der Waals surface area contributed by atoms with Crippen molar-refractivity contribution in [2.45, 2.75) is 18.3 Å². The quantitative estimate of drug-likeness (QED) is 0.844. The molecule has 1 heterocycles. The summed E-state index contributed by atoms with van der Waals surface area (Å²) >= 11 is 0. The maximum absolute atomic E-state index is 12.0. The van der Waals surface area contributed by atoms with Gasteiger partial charge in [0, 0.05) is 5.56 Å². The minimum absolute atomic E-state index is 0.305. The third-order valence-electron chi connectivity index (χ3n) is 3.85. The van der Waals surface area contributed by atoms with Crippen molar-refractivity contribution in [2.24, 2.45) is 5.73 Å². The molecule has 2 rings (SSSR count). The minimum atomic E-state index is -0.675. The number of methoxy groups -OCH3 is 2. The highest BCUT2D eigenvalue weighted by Gasteiger charge is 2.41. The van der Waals surface area contributed by atoms with E-state index in [1.54, 1.807) is 14.2 Å². The van der Waals surface area contributed by atoms with Gasteiger partial charge in [-0.05, 0) is 44.1 Å². The second kappa shape index (κ2) is 5.48. The SMILES string of the molecule is COc1ccc(OC)c(C2(C(N)=O)CCNCC2)c1. The second-order valence-electron chi connectivity index (χ2n) is 4.76. The Hall–Kier alpha value is -1.75. The van der Waals surface area contributed by atoms with Crippen molar-refractivity contribution < 1.29 is 14.3 Å². The molecule has 104 valence electrons. The van der Waals surface area contributed by atoms with E-state index in [2.05, 4.69) is 5.32 Å². The van der Waals surface area contributed by atoms with Crippen LogP contribution in [0.2, 0.25) is 0 Å². The van der Waals surface area contributed by atoms with E-state index in [4.69, 9.17) is 15.2 Å². The van der Waals surface area contributed by atoms with Crippen LogP contribution >= 0.6 is 0 Å². The van der Waals surface area contributed by atoms with Crippen LogP contribution in [0.1, 0.15) is 18.4 Å². The van der Waals surface area contributed by atoms with Gasteiger partial charge in [-0.3, -0.25) is 4.79 Å². The van der Waals surface area contributed by atoms with Crippen molar-refractivity contribution in [2.75, 3.05) is 27.3 Å². The highest BCUT2D eigenvalue weighted by atomic mass is 16.5. The molecule has 1 fully saturated rings. The predicted octanol–water partition coefficient (Wildman–Crippen LogP) is 0.810. The summed E-state index contributed by atoms with van der Waals surface area (Å²) in [6.07, 6.45) is 1.34. The zero-order valence-electron chi connectivity index (χ0n) is 11.4. The number of primary amides is 1. The van der Waals surface area contributed by atoms with Crippen molar-refractivity contribution in [3.8, 4) is 11.5 Å². The molecule has 3 N–H and O–H groups in total. The summed E-state index contributed by atoms with van der Waals surface area (Å²) in [7, 11) is 3.20. The third-order valence-corrected chi connectivity index (χ3v) is 3.85. The number of carbonyl (C=O) groups excluding carboxylic acids is 1. The van der Waals surface area contributed by atoms with E-state index in [0.717, 1.165) is 18.7 Å². The normalized spacial score (nSPS) is 17.8. The largest absolute Gasteiger partial charge is 0.497 e. The Morgan fingerprint density at radius 3 is 2.47 bits per heavy atom. The Morgan fingerprint density at radius 1 is 1.26 bits per heavy atom. The molecule has 0 aliphatic carbocycles. The summed E-state index contributed by atoms with van der Waals surface area (Å²) in [5, 5.41) is 3.25. The molecule has 1 aliphatic heterocycles. The van der Waals surface area contributed by atoms with Crippen LogP contribution in [0, 0.1) is 0 Å². The second-order valence-corrected chi connectivity index (χ2v) is 4.76. The van der Waals surface area contributed by atoms with Gasteiger partial charge in [0.15, 0.2) is 0 Å². The van der Waals surface area contributed by atoms with Crippen molar-refractivity contribution in [1.82, 2.24) is 5.32 Å². The van der Waals surface area contributed by atoms with Gasteiger partial charge in [0.05, 0.1) is 19.6 Å². The molecule has 0 unspecified atom stereocenters. The first-order valence-electron chi connectivity index (χ1n) is 6.37. The van der Waals surface area contributed by atoms with Gasteiger partial charge in [-0.1, -0.05) is 0 Å². The molecule has 0 bridgehead atoms. The average molecular weight is 264 g/mol. The van der Waals surface area contributed by atoms with Crippen molar-refractivity contribution in [1.29, 1.82) is 0 Å². The van der Waals surface area contributed by atoms with Crippen molar-refractivity contribution >= 4 is 5.91 Å². The van der Waals surface area contributed by atoms with E-state index in [9.17, 15) is 4.79 Å². The summed E-state index contributed by atoms with van der Waals surface area (Å²) in [6, 6.07) is 5.49. The van der Waals surface area contributed by atoms with Crippen LogP contribution in [0.5, 0.6) is 11.5 Å². The van der Waals surface area contributed by atoms with Crippen LogP contribution in [0.3, 0.4) is 0 Å². The van der Waals surface area contributed by atoms with Crippen LogP contribution in [0.25, 0.3) is 0 Å². The third kappa shape index (κ3) is 2.38. The van der Waals surface area contributed by atoms with Gasteiger partial charge in [0.1, 0.15) is 11.5 Å². The standard InChI is InChI=1S/C14H20N2O3/c1-18-10-3-4-12(19-2)11(9-10)14(13(15)17)5-7-16-8-6-14/h3-4,9,16H,5-8H2,1-2H3,(H2,15,17). The fourth-order valence-corrected chi connectivity index (χ4v) is 2.69. The summed E-state index contributed by atoms with van der Waals surface area (Å²) in [5.74, 6) is 1.08. The van der Waals surface area contributed by atoms with Gasteiger partial charge in [-0.25, -0.2) is 0 Å². The van der Waals surface area contributed by atoms with Gasteiger partial charge in [0.25, 0.3) is 0 Å². The van der Waals surface area contributed by atoms with E-state index >= 15 is 0 Å². The maximum atomic E-state index is 12.0. The number of rotatable bonds is 4. The first kappa shape index (κ1) is 13.7. The molecular weight excluding hydrogens is 244 g/mol. The molecule has 0 aromatic heterocycles. The Labute approximate surface area is 113 Å².